The summed E-state index contributed by atoms with van der Waals surface area (Å²) in [7, 11) is 0. The molecule has 0 atom stereocenters. The standard InChI is InChI=1S/C21H28N4O2S2/c26-19(24-9-5-1-2-6-10-24)15-23-11-13-25(14-12-23)20(27)16-28-21-22-17-7-3-4-8-18(17)29-21/h3-4,7-8H,1-2,5-6,9-16H2. The van der Waals surface area contributed by atoms with E-state index in [-0.39, 0.29) is 11.8 Å². The van der Waals surface area contributed by atoms with Crippen molar-refractivity contribution in [1.82, 2.24) is 19.7 Å². The predicted octanol–water partition coefficient (Wildman–Crippen LogP) is 2.94. The first-order valence-electron chi connectivity index (χ1n) is 10.5. The predicted molar refractivity (Wildman–Crippen MR) is 118 cm³/mol. The lowest BCUT2D eigenvalue weighted by Gasteiger charge is -2.35. The maximum absolute atomic E-state index is 12.6. The van der Waals surface area contributed by atoms with Gasteiger partial charge in [-0.15, -0.1) is 11.3 Å². The maximum atomic E-state index is 12.6. The number of thioether (sulfide) groups is 1. The van der Waals surface area contributed by atoms with Crippen molar-refractivity contribution in [1.29, 1.82) is 0 Å². The summed E-state index contributed by atoms with van der Waals surface area (Å²) in [6, 6.07) is 8.06. The van der Waals surface area contributed by atoms with Gasteiger partial charge in [0.05, 0.1) is 22.5 Å². The molecule has 8 heteroatoms. The molecule has 3 heterocycles. The second-order valence-electron chi connectivity index (χ2n) is 7.69. The Bertz CT molecular complexity index is 807. The first kappa shape index (κ1) is 20.6. The quantitative estimate of drug-likeness (QED) is 0.680. The molecular formula is C21H28N4O2S2. The van der Waals surface area contributed by atoms with Crippen LogP contribution in [-0.4, -0.2) is 83.1 Å². The number of carbonyl (C=O) groups excluding carboxylic acids is 2. The highest BCUT2D eigenvalue weighted by molar-refractivity contribution is 8.01. The molecule has 6 nitrogen and oxygen atoms in total. The minimum absolute atomic E-state index is 0.160. The van der Waals surface area contributed by atoms with Crippen LogP contribution in [-0.2, 0) is 9.59 Å². The van der Waals surface area contributed by atoms with Crippen LogP contribution in [0.2, 0.25) is 0 Å². The Kier molecular flexibility index (Phi) is 7.05. The SMILES string of the molecule is O=C(CSc1nc2ccccc2s1)N1CCN(CC(=O)N2CCCCCC2)CC1. The van der Waals surface area contributed by atoms with E-state index < -0.39 is 0 Å². The maximum Gasteiger partial charge on any atom is 0.236 e. The van der Waals surface area contributed by atoms with Gasteiger partial charge in [-0.2, -0.15) is 0 Å². The van der Waals surface area contributed by atoms with Crippen LogP contribution in [0, 0.1) is 0 Å². The molecule has 2 amide bonds. The molecule has 0 bridgehead atoms. The highest BCUT2D eigenvalue weighted by atomic mass is 32.2. The van der Waals surface area contributed by atoms with E-state index in [9.17, 15) is 9.59 Å². The molecule has 2 aliphatic rings. The molecule has 1 aromatic heterocycles. The van der Waals surface area contributed by atoms with E-state index in [0.29, 0.717) is 25.4 Å². The molecule has 156 valence electrons. The summed E-state index contributed by atoms with van der Waals surface area (Å²) >= 11 is 3.16. The fourth-order valence-electron chi connectivity index (χ4n) is 3.89. The summed E-state index contributed by atoms with van der Waals surface area (Å²) in [5.41, 5.74) is 0.995. The molecule has 2 fully saturated rings. The van der Waals surface area contributed by atoms with Crippen molar-refractivity contribution >= 4 is 45.1 Å². The molecule has 0 aliphatic carbocycles. The second kappa shape index (κ2) is 9.91. The minimum atomic E-state index is 0.160. The average Bonchev–Trinajstić information content (AvgIpc) is 2.96. The van der Waals surface area contributed by atoms with Crippen LogP contribution in [0.25, 0.3) is 10.2 Å². The average molecular weight is 433 g/mol. The monoisotopic (exact) mass is 432 g/mol. The van der Waals surface area contributed by atoms with E-state index in [1.165, 1.54) is 24.6 Å². The van der Waals surface area contributed by atoms with E-state index in [1.807, 2.05) is 28.0 Å². The number of piperazine rings is 1. The van der Waals surface area contributed by atoms with Crippen molar-refractivity contribution in [3.05, 3.63) is 24.3 Å². The van der Waals surface area contributed by atoms with Gasteiger partial charge < -0.3 is 9.80 Å². The van der Waals surface area contributed by atoms with Crippen LogP contribution in [0.5, 0.6) is 0 Å². The largest absolute Gasteiger partial charge is 0.342 e. The summed E-state index contributed by atoms with van der Waals surface area (Å²) < 4.78 is 2.10. The van der Waals surface area contributed by atoms with E-state index in [4.69, 9.17) is 0 Å². The third-order valence-corrected chi connectivity index (χ3v) is 7.80. The number of thiazole rings is 1. The Morgan fingerprint density at radius 1 is 0.897 bits per heavy atom. The van der Waals surface area contributed by atoms with Crippen molar-refractivity contribution in [2.75, 3.05) is 51.6 Å². The number of hydrogen-bond donors (Lipinski definition) is 0. The molecule has 0 saturated carbocycles. The zero-order valence-electron chi connectivity index (χ0n) is 16.7. The van der Waals surface area contributed by atoms with Crippen LogP contribution in [0.3, 0.4) is 0 Å². The molecule has 2 saturated heterocycles. The van der Waals surface area contributed by atoms with Crippen LogP contribution in [0.15, 0.2) is 28.6 Å². The van der Waals surface area contributed by atoms with Gasteiger partial charge >= 0.3 is 0 Å². The zero-order chi connectivity index (χ0) is 20.1. The number of carbonyl (C=O) groups is 2. The molecule has 2 aromatic rings. The minimum Gasteiger partial charge on any atom is -0.342 e. The number of likely N-dealkylation sites (tertiary alicyclic amines) is 1. The number of benzene rings is 1. The van der Waals surface area contributed by atoms with Crippen molar-refractivity contribution in [3.63, 3.8) is 0 Å². The Labute approximate surface area is 180 Å². The summed E-state index contributed by atoms with van der Waals surface area (Å²) in [6.07, 6.45) is 4.72. The van der Waals surface area contributed by atoms with Crippen LogP contribution < -0.4 is 0 Å². The third-order valence-electron chi connectivity index (χ3n) is 5.64. The van der Waals surface area contributed by atoms with Gasteiger partial charge in [0, 0.05) is 39.3 Å². The first-order chi connectivity index (χ1) is 14.2. The van der Waals surface area contributed by atoms with Gasteiger partial charge in [-0.05, 0) is 25.0 Å². The number of amides is 2. The molecular weight excluding hydrogens is 404 g/mol. The summed E-state index contributed by atoms with van der Waals surface area (Å²) in [5, 5.41) is 0. The van der Waals surface area contributed by atoms with Gasteiger partial charge in [-0.25, -0.2) is 4.98 Å². The van der Waals surface area contributed by atoms with Gasteiger partial charge in [0.2, 0.25) is 11.8 Å². The zero-order valence-corrected chi connectivity index (χ0v) is 18.3. The Morgan fingerprint density at radius 3 is 2.31 bits per heavy atom. The Morgan fingerprint density at radius 2 is 1.59 bits per heavy atom. The van der Waals surface area contributed by atoms with Gasteiger partial charge in [0.1, 0.15) is 0 Å². The Hall–Kier alpha value is -1.64. The number of nitrogens with zero attached hydrogens (tertiary/aromatic N) is 4. The van der Waals surface area contributed by atoms with E-state index in [2.05, 4.69) is 16.0 Å². The smallest absolute Gasteiger partial charge is 0.236 e. The number of para-hydroxylation sites is 1. The molecule has 1 aromatic carbocycles. The lowest BCUT2D eigenvalue weighted by molar-refractivity contribution is -0.134. The lowest BCUT2D eigenvalue weighted by Crippen LogP contribution is -2.52. The second-order valence-corrected chi connectivity index (χ2v) is 9.94. The molecule has 0 N–H and O–H groups in total. The summed E-state index contributed by atoms with van der Waals surface area (Å²) in [6.45, 7) is 5.25. The van der Waals surface area contributed by atoms with Gasteiger partial charge in [0.25, 0.3) is 0 Å². The van der Waals surface area contributed by atoms with E-state index in [0.717, 1.165) is 53.6 Å². The summed E-state index contributed by atoms with van der Waals surface area (Å²) in [4.78, 5) is 35.9. The van der Waals surface area contributed by atoms with Crippen molar-refractivity contribution in [2.24, 2.45) is 0 Å². The van der Waals surface area contributed by atoms with Crippen molar-refractivity contribution in [2.45, 2.75) is 30.0 Å². The van der Waals surface area contributed by atoms with Crippen molar-refractivity contribution in [3.8, 4) is 0 Å². The molecule has 0 unspecified atom stereocenters. The summed E-state index contributed by atoms with van der Waals surface area (Å²) in [5.74, 6) is 0.831. The first-order valence-corrected chi connectivity index (χ1v) is 12.3. The van der Waals surface area contributed by atoms with Gasteiger partial charge in [-0.1, -0.05) is 36.7 Å². The topological polar surface area (TPSA) is 56.8 Å². The lowest BCUT2D eigenvalue weighted by atomic mass is 10.2. The third kappa shape index (κ3) is 5.49. The molecule has 0 spiro atoms. The highest BCUT2D eigenvalue weighted by Gasteiger charge is 2.24. The van der Waals surface area contributed by atoms with Crippen molar-refractivity contribution < 1.29 is 9.59 Å². The molecule has 4 rings (SSSR count). The van der Waals surface area contributed by atoms with Gasteiger partial charge in [-0.3, -0.25) is 14.5 Å². The number of hydrogen-bond acceptors (Lipinski definition) is 6. The van der Waals surface area contributed by atoms with E-state index >= 15 is 0 Å². The molecule has 2 aliphatic heterocycles. The fourth-order valence-corrected chi connectivity index (χ4v) is 5.87. The Balaban J connectivity index is 1.20. The number of fused-ring (bicyclic) bond motifs is 1. The fraction of sp³-hybridized carbons (Fsp3) is 0.571. The normalized spacial score (nSPS) is 18.8. The number of rotatable bonds is 5. The van der Waals surface area contributed by atoms with Crippen LogP contribution in [0.4, 0.5) is 0 Å². The number of aromatic nitrogens is 1. The molecule has 29 heavy (non-hydrogen) atoms. The van der Waals surface area contributed by atoms with Crippen LogP contribution >= 0.6 is 23.1 Å². The van der Waals surface area contributed by atoms with Crippen LogP contribution in [0.1, 0.15) is 25.7 Å². The molecule has 0 radical (unpaired) electrons. The highest BCUT2D eigenvalue weighted by Crippen LogP contribution is 2.29. The van der Waals surface area contributed by atoms with E-state index in [1.54, 1.807) is 11.3 Å². The van der Waals surface area contributed by atoms with Gasteiger partial charge in [0.15, 0.2) is 4.34 Å².